The maximum atomic E-state index is 13.8. The van der Waals surface area contributed by atoms with Crippen molar-refractivity contribution in [2.24, 2.45) is 7.05 Å². The summed E-state index contributed by atoms with van der Waals surface area (Å²) in [7, 11) is 0.496. The number of H-pyrrole nitrogens is 1. The first kappa shape index (κ1) is 24.0. The van der Waals surface area contributed by atoms with Crippen molar-refractivity contribution in [3.05, 3.63) is 63.5 Å². The minimum Gasteiger partial charge on any atom is -0.455 e. The molecule has 0 saturated heterocycles. The van der Waals surface area contributed by atoms with Crippen molar-refractivity contribution in [3.8, 4) is 21.9 Å². The third-order valence-electron chi connectivity index (χ3n) is 5.53. The molecule has 3 heterocycles. The zero-order valence-corrected chi connectivity index (χ0v) is 21.4. The molecule has 7 nitrogen and oxygen atoms in total. The van der Waals surface area contributed by atoms with E-state index in [9.17, 15) is 18.5 Å². The molecular weight excluding hydrogens is 476 g/mol. The van der Waals surface area contributed by atoms with Crippen molar-refractivity contribution < 1.29 is 18.5 Å². The van der Waals surface area contributed by atoms with Gasteiger partial charge < -0.3 is 24.2 Å². The zero-order chi connectivity index (χ0) is 24.9. The van der Waals surface area contributed by atoms with Gasteiger partial charge >= 0.3 is 0 Å². The number of carbonyl (C=O) groups excluding carboxylic acids is 1. The predicted octanol–water partition coefficient (Wildman–Crippen LogP) is 4.75. The average Bonchev–Trinajstić information content (AvgIpc) is 3.38. The first-order valence-electron chi connectivity index (χ1n) is 10.5. The van der Waals surface area contributed by atoms with E-state index in [0.717, 1.165) is 0 Å². The topological polar surface area (TPSA) is 93.2 Å². The molecule has 2 N–H and O–H groups in total. The molecular formula is C24H25FN3O4PS. The molecule has 0 fully saturated rings. The molecule has 10 heteroatoms. The largest absolute Gasteiger partial charge is 0.455 e. The highest BCUT2D eigenvalue weighted by molar-refractivity contribution is 7.75. The molecule has 178 valence electrons. The van der Waals surface area contributed by atoms with Crippen molar-refractivity contribution in [3.63, 3.8) is 0 Å². The number of hydrogen-bond donors (Lipinski definition) is 2. The maximum absolute atomic E-state index is 13.8. The molecule has 0 saturated carbocycles. The van der Waals surface area contributed by atoms with Gasteiger partial charge in [0, 0.05) is 37.3 Å². The Morgan fingerprint density at radius 1 is 1.18 bits per heavy atom. The number of ether oxygens (including phenoxy) is 1. The normalized spacial score (nSPS) is 11.7. The monoisotopic (exact) mass is 501 g/mol. The lowest BCUT2D eigenvalue weighted by molar-refractivity contribution is 0.0959. The molecule has 0 aliphatic carbocycles. The van der Waals surface area contributed by atoms with Crippen LogP contribution in [0.1, 0.15) is 21.6 Å². The van der Waals surface area contributed by atoms with Gasteiger partial charge in [-0.25, -0.2) is 4.39 Å². The standard InChI is InChI=1S/C24H25FN3O4PS/c1-12-7-14(25)8-13(2)21(12)32-18-10-19(33(5,6)31)34-22(18)16-11-28(4)24(30)20-15(16)9-17(27-20)23(29)26-3/h7-11,27H,1-6H3,(H,26,29). The van der Waals surface area contributed by atoms with Crippen molar-refractivity contribution in [1.29, 1.82) is 0 Å². The Bertz CT molecular complexity index is 1540. The van der Waals surface area contributed by atoms with Crippen molar-refractivity contribution in [1.82, 2.24) is 14.9 Å². The second-order valence-corrected chi connectivity index (χ2v) is 13.1. The number of aromatic amines is 1. The molecule has 0 bridgehead atoms. The van der Waals surface area contributed by atoms with E-state index in [2.05, 4.69) is 10.3 Å². The van der Waals surface area contributed by atoms with Crippen LogP contribution in [-0.2, 0) is 11.6 Å². The highest BCUT2D eigenvalue weighted by Gasteiger charge is 2.25. The fraction of sp³-hybridized carbons (Fsp3) is 0.250. The van der Waals surface area contributed by atoms with E-state index < -0.39 is 7.14 Å². The van der Waals surface area contributed by atoms with E-state index in [1.807, 2.05) is 0 Å². The molecule has 0 atom stereocenters. The van der Waals surface area contributed by atoms with Crippen LogP contribution in [0.4, 0.5) is 4.39 Å². The number of halogens is 1. The number of hydrogen-bond acceptors (Lipinski definition) is 5. The van der Waals surface area contributed by atoms with E-state index >= 15 is 0 Å². The lowest BCUT2D eigenvalue weighted by Gasteiger charge is -2.13. The van der Waals surface area contributed by atoms with Crippen molar-refractivity contribution in [2.75, 3.05) is 20.4 Å². The average molecular weight is 502 g/mol. The Morgan fingerprint density at radius 3 is 2.41 bits per heavy atom. The molecule has 0 spiro atoms. The number of fused-ring (bicyclic) bond motifs is 1. The molecule has 1 amide bonds. The molecule has 3 aromatic heterocycles. The summed E-state index contributed by atoms with van der Waals surface area (Å²) in [6, 6.07) is 6.16. The van der Waals surface area contributed by atoms with Gasteiger partial charge in [0.2, 0.25) is 0 Å². The fourth-order valence-corrected chi connectivity index (χ4v) is 6.26. The molecule has 0 radical (unpaired) electrons. The van der Waals surface area contributed by atoms with Crippen LogP contribution < -0.4 is 20.2 Å². The summed E-state index contributed by atoms with van der Waals surface area (Å²) in [4.78, 5) is 28.6. The quantitative estimate of drug-likeness (QED) is 0.386. The first-order valence-corrected chi connectivity index (χ1v) is 13.9. The summed E-state index contributed by atoms with van der Waals surface area (Å²) in [5.41, 5.74) is 2.16. The van der Waals surface area contributed by atoms with Crippen LogP contribution in [-0.4, -0.2) is 35.8 Å². The Kier molecular flexibility index (Phi) is 6.04. The maximum Gasteiger partial charge on any atom is 0.274 e. The van der Waals surface area contributed by atoms with E-state index in [0.29, 0.717) is 43.1 Å². The van der Waals surface area contributed by atoms with Gasteiger partial charge in [0.15, 0.2) is 0 Å². The van der Waals surface area contributed by atoms with Crippen LogP contribution in [0.5, 0.6) is 11.5 Å². The number of rotatable bonds is 5. The second-order valence-electron chi connectivity index (χ2n) is 8.61. The van der Waals surface area contributed by atoms with E-state index in [1.165, 1.54) is 35.1 Å². The van der Waals surface area contributed by atoms with E-state index in [4.69, 9.17) is 4.74 Å². The smallest absolute Gasteiger partial charge is 0.274 e. The molecule has 4 aromatic rings. The SMILES string of the molecule is CNC(=O)c1cc2c(-c3sc(P(C)(C)=O)cc3Oc3c(C)cc(F)cc3C)cn(C)c(=O)c2[nH]1. The number of carbonyl (C=O) groups is 1. The minimum absolute atomic E-state index is 0.253. The molecule has 4 rings (SSSR count). The summed E-state index contributed by atoms with van der Waals surface area (Å²) >= 11 is 1.31. The van der Waals surface area contributed by atoms with Crippen LogP contribution in [0, 0.1) is 19.7 Å². The minimum atomic E-state index is -2.64. The van der Waals surface area contributed by atoms with Crippen LogP contribution in [0.15, 0.2) is 35.3 Å². The molecule has 34 heavy (non-hydrogen) atoms. The van der Waals surface area contributed by atoms with Gasteiger partial charge in [-0.15, -0.1) is 11.3 Å². The fourth-order valence-electron chi connectivity index (χ4n) is 3.83. The molecule has 1 aromatic carbocycles. The Labute approximate surface area is 200 Å². The third-order valence-corrected chi connectivity index (χ3v) is 9.27. The van der Waals surface area contributed by atoms with Crippen LogP contribution >= 0.6 is 18.5 Å². The Hall–Kier alpha value is -3.16. The van der Waals surface area contributed by atoms with Gasteiger partial charge in [0.25, 0.3) is 11.5 Å². The second kappa shape index (κ2) is 8.56. The zero-order valence-electron chi connectivity index (χ0n) is 19.7. The number of aromatic nitrogens is 2. The lowest BCUT2D eigenvalue weighted by atomic mass is 10.1. The number of pyridine rings is 1. The van der Waals surface area contributed by atoms with Gasteiger partial charge in [-0.3, -0.25) is 9.59 Å². The van der Waals surface area contributed by atoms with Crippen LogP contribution in [0.25, 0.3) is 21.3 Å². The van der Waals surface area contributed by atoms with Crippen LogP contribution in [0.2, 0.25) is 0 Å². The summed E-state index contributed by atoms with van der Waals surface area (Å²) in [6.45, 7) is 6.87. The van der Waals surface area contributed by atoms with Crippen molar-refractivity contribution >= 4 is 39.9 Å². The van der Waals surface area contributed by atoms with Crippen LogP contribution in [0.3, 0.4) is 0 Å². The van der Waals surface area contributed by atoms with Gasteiger partial charge in [0.05, 0.1) is 9.50 Å². The summed E-state index contributed by atoms with van der Waals surface area (Å²) < 4.78 is 35.2. The third kappa shape index (κ3) is 4.21. The van der Waals surface area contributed by atoms with Gasteiger partial charge in [-0.2, -0.15) is 0 Å². The summed E-state index contributed by atoms with van der Waals surface area (Å²) in [6.07, 6.45) is 1.68. The Balaban J connectivity index is 2.00. The van der Waals surface area contributed by atoms with Crippen molar-refractivity contribution in [2.45, 2.75) is 13.8 Å². The van der Waals surface area contributed by atoms with E-state index in [-0.39, 0.29) is 28.5 Å². The first-order chi connectivity index (χ1) is 15.9. The van der Waals surface area contributed by atoms with E-state index in [1.54, 1.807) is 52.6 Å². The molecule has 0 aliphatic rings. The molecule has 0 unspecified atom stereocenters. The number of nitrogens with zero attached hydrogens (tertiary/aromatic N) is 1. The predicted molar refractivity (Wildman–Crippen MR) is 135 cm³/mol. The van der Waals surface area contributed by atoms with Gasteiger partial charge in [-0.05, 0) is 56.5 Å². The highest BCUT2D eigenvalue weighted by atomic mass is 32.1. The van der Waals surface area contributed by atoms with Gasteiger partial charge in [-0.1, -0.05) is 0 Å². The lowest BCUT2D eigenvalue weighted by Crippen LogP contribution is -2.19. The number of aryl methyl sites for hydroxylation is 3. The summed E-state index contributed by atoms with van der Waals surface area (Å²) in [5.74, 6) is 0.255. The molecule has 0 aliphatic heterocycles. The number of thiophene rings is 1. The highest BCUT2D eigenvalue weighted by Crippen LogP contribution is 2.47. The van der Waals surface area contributed by atoms with Gasteiger partial charge in [0.1, 0.15) is 35.7 Å². The summed E-state index contributed by atoms with van der Waals surface area (Å²) in [5, 5.41) is 3.10. The number of nitrogens with one attached hydrogen (secondary N) is 2. The number of benzene rings is 1. The number of amides is 1. The Morgan fingerprint density at radius 2 is 1.82 bits per heavy atom.